The van der Waals surface area contributed by atoms with Crippen molar-refractivity contribution < 1.29 is 59.6 Å². The van der Waals surface area contributed by atoms with Crippen molar-refractivity contribution in [1.82, 2.24) is 15.0 Å². The van der Waals surface area contributed by atoms with Crippen LogP contribution in [0.25, 0.3) is 11.0 Å². The Balaban J connectivity index is 0.00000261. The van der Waals surface area contributed by atoms with E-state index in [9.17, 15) is 13.0 Å². The molecule has 27 heavy (non-hydrogen) atoms. The number of methoxy groups -OCH3 is 2. The standard InChI is InChI=1S/C16H15F2N3O4S.Na.H/c1-23-13-5-6-19-12(14(13)24-2)8-26(22)16-20-10-4-3-9(25-15(17)18)7-11(10)21-16;;/h3-7,15H,8H2,1-2H3,(H,20,21);;/q;+1;-1/p+1. The van der Waals surface area contributed by atoms with Gasteiger partial charge in [0.25, 0.3) is 0 Å². The summed E-state index contributed by atoms with van der Waals surface area (Å²) in [6, 6.07) is 5.89. The van der Waals surface area contributed by atoms with Crippen LogP contribution in [0.3, 0.4) is 0 Å². The van der Waals surface area contributed by atoms with Crippen LogP contribution in [0.15, 0.2) is 35.6 Å². The number of hydrogen-bond donors (Lipinski definition) is 1. The van der Waals surface area contributed by atoms with Gasteiger partial charge in [0.15, 0.2) is 16.7 Å². The van der Waals surface area contributed by atoms with E-state index in [0.717, 1.165) is 0 Å². The van der Waals surface area contributed by atoms with Crippen molar-refractivity contribution in [1.29, 1.82) is 0 Å². The fourth-order valence-corrected chi connectivity index (χ4v) is 3.41. The quantitative estimate of drug-likeness (QED) is 0.559. The maximum atomic E-state index is 12.6. The van der Waals surface area contributed by atoms with E-state index in [4.69, 9.17) is 9.47 Å². The van der Waals surface area contributed by atoms with Crippen molar-refractivity contribution >= 4 is 21.8 Å². The normalized spacial score (nSPS) is 11.9. The number of halogens is 2. The number of pyridine rings is 1. The molecule has 1 aromatic carbocycles. The second kappa shape index (κ2) is 9.45. The topological polar surface area (TPSA) is 86.3 Å². The number of ether oxygens (including phenoxy) is 3. The molecule has 0 fully saturated rings. The minimum absolute atomic E-state index is 0. The number of nitrogens with zero attached hydrogens (tertiary/aromatic N) is 2. The molecule has 2 aromatic heterocycles. The van der Waals surface area contributed by atoms with Gasteiger partial charge in [-0.05, 0) is 12.1 Å². The first-order chi connectivity index (χ1) is 12.5. The molecule has 0 radical (unpaired) electrons. The van der Waals surface area contributed by atoms with E-state index < -0.39 is 17.4 Å². The van der Waals surface area contributed by atoms with Gasteiger partial charge in [-0.3, -0.25) is 9.19 Å². The predicted octanol–water partition coefficient (Wildman–Crippen LogP) is 0.113. The molecule has 0 spiro atoms. The molecular weight excluding hydrogens is 391 g/mol. The number of H-pyrrole nitrogens is 1. The number of hydrogen-bond acceptors (Lipinski definition) is 6. The Morgan fingerprint density at radius 3 is 2.74 bits per heavy atom. The summed E-state index contributed by atoms with van der Waals surface area (Å²) in [5.41, 5.74) is 1.38. The fraction of sp³-hybridized carbons (Fsp3) is 0.250. The van der Waals surface area contributed by atoms with Crippen LogP contribution in [0, 0.1) is 0 Å². The molecule has 140 valence electrons. The van der Waals surface area contributed by atoms with E-state index in [1.54, 1.807) is 6.07 Å². The maximum Gasteiger partial charge on any atom is 1.00 e. The van der Waals surface area contributed by atoms with Crippen molar-refractivity contribution in [2.45, 2.75) is 17.5 Å². The number of nitrogens with one attached hydrogen (secondary N) is 1. The van der Waals surface area contributed by atoms with Crippen molar-refractivity contribution in [3.8, 4) is 17.2 Å². The number of benzene rings is 1. The van der Waals surface area contributed by atoms with E-state index in [2.05, 4.69) is 19.7 Å². The fourth-order valence-electron chi connectivity index (χ4n) is 2.40. The third-order valence-electron chi connectivity index (χ3n) is 3.51. The van der Waals surface area contributed by atoms with Gasteiger partial charge in [0, 0.05) is 18.3 Å². The first kappa shape index (κ1) is 21.5. The van der Waals surface area contributed by atoms with E-state index in [1.807, 2.05) is 0 Å². The monoisotopic (exact) mass is 408 g/mol. The van der Waals surface area contributed by atoms with Gasteiger partial charge in [0.2, 0.25) is 0 Å². The van der Waals surface area contributed by atoms with Crippen molar-refractivity contribution in [2.24, 2.45) is 0 Å². The molecule has 1 N–H and O–H groups in total. The zero-order chi connectivity index (χ0) is 18.7. The zero-order valence-electron chi connectivity index (χ0n) is 16.9. The molecule has 7 nitrogen and oxygen atoms in total. The van der Waals surface area contributed by atoms with Gasteiger partial charge in [0.1, 0.15) is 5.75 Å². The summed E-state index contributed by atoms with van der Waals surface area (Å²) < 4.78 is 52.1. The SMILES string of the molecule is COc1ccnc(CS(=O)c2nc3ccc(OC(F)F)cc3[nH]2)c1OC.[H+].[H-].[Na+]. The number of alkyl halides is 2. The molecule has 3 aromatic rings. The third kappa shape index (κ3) is 4.95. The van der Waals surface area contributed by atoms with Gasteiger partial charge in [-0.1, -0.05) is 0 Å². The van der Waals surface area contributed by atoms with Crippen LogP contribution in [-0.2, 0) is 16.6 Å². The summed E-state index contributed by atoms with van der Waals surface area (Å²) >= 11 is 0. The number of aromatic nitrogens is 3. The molecule has 0 aliphatic heterocycles. The number of rotatable bonds is 7. The first-order valence-electron chi connectivity index (χ1n) is 7.40. The Hall–Kier alpha value is -1.75. The summed E-state index contributed by atoms with van der Waals surface area (Å²) in [5.74, 6) is 0.908. The Morgan fingerprint density at radius 2 is 2.07 bits per heavy atom. The molecular formula is C16H17F2N3NaO4S+. The van der Waals surface area contributed by atoms with E-state index in [0.29, 0.717) is 28.2 Å². The van der Waals surface area contributed by atoms with Crippen molar-refractivity contribution in [2.75, 3.05) is 14.2 Å². The van der Waals surface area contributed by atoms with Gasteiger partial charge in [0.05, 0.1) is 47.5 Å². The molecule has 3 rings (SSSR count). The maximum absolute atomic E-state index is 12.6. The van der Waals surface area contributed by atoms with Gasteiger partial charge in [-0.25, -0.2) is 4.98 Å². The number of aromatic amines is 1. The van der Waals surface area contributed by atoms with Gasteiger partial charge < -0.3 is 20.6 Å². The average Bonchev–Trinajstić information content (AvgIpc) is 3.04. The van der Waals surface area contributed by atoms with E-state index in [1.165, 1.54) is 38.6 Å². The molecule has 0 bridgehead atoms. The Bertz CT molecular complexity index is 965. The molecule has 0 amide bonds. The smallest absolute Gasteiger partial charge is 1.00 e. The summed E-state index contributed by atoms with van der Waals surface area (Å²) in [7, 11) is 1.41. The molecule has 0 aliphatic carbocycles. The van der Waals surface area contributed by atoms with Crippen LogP contribution in [0.2, 0.25) is 0 Å². The van der Waals surface area contributed by atoms with Crippen LogP contribution < -0.4 is 43.8 Å². The Morgan fingerprint density at radius 1 is 1.30 bits per heavy atom. The van der Waals surface area contributed by atoms with Crippen LogP contribution in [0.4, 0.5) is 8.78 Å². The molecule has 1 unspecified atom stereocenters. The molecule has 0 aliphatic rings. The summed E-state index contributed by atoms with van der Waals surface area (Å²) in [5, 5.41) is 0.195. The van der Waals surface area contributed by atoms with Crippen molar-refractivity contribution in [3.05, 3.63) is 36.2 Å². The second-order valence-corrected chi connectivity index (χ2v) is 6.45. The predicted molar refractivity (Wildman–Crippen MR) is 92.4 cm³/mol. The van der Waals surface area contributed by atoms with Crippen molar-refractivity contribution in [3.63, 3.8) is 0 Å². The van der Waals surface area contributed by atoms with Crippen LogP contribution in [0.1, 0.15) is 8.55 Å². The third-order valence-corrected chi connectivity index (χ3v) is 4.67. The summed E-state index contributed by atoms with van der Waals surface area (Å²) in [6.45, 7) is -2.92. The Kier molecular flexibility index (Phi) is 7.54. The second-order valence-electron chi connectivity index (χ2n) is 5.08. The summed E-state index contributed by atoms with van der Waals surface area (Å²) in [6.07, 6.45) is 1.53. The van der Waals surface area contributed by atoms with Crippen LogP contribution in [0.5, 0.6) is 17.2 Å². The van der Waals surface area contributed by atoms with E-state index in [-0.39, 0.29) is 49.1 Å². The molecule has 11 heteroatoms. The molecule has 0 saturated heterocycles. The molecule has 1 atom stereocenters. The molecule has 0 saturated carbocycles. The van der Waals surface area contributed by atoms with Crippen LogP contribution in [-0.4, -0.2) is 40.0 Å². The molecule has 2 heterocycles. The Labute approximate surface area is 181 Å². The van der Waals surface area contributed by atoms with E-state index >= 15 is 0 Å². The number of fused-ring (bicyclic) bond motifs is 1. The van der Waals surface area contributed by atoms with Gasteiger partial charge >= 0.3 is 37.6 Å². The van der Waals surface area contributed by atoms with Gasteiger partial charge in [-0.15, -0.1) is 0 Å². The average molecular weight is 408 g/mol. The van der Waals surface area contributed by atoms with Gasteiger partial charge in [-0.2, -0.15) is 8.78 Å². The largest absolute Gasteiger partial charge is 1.00 e. The minimum atomic E-state index is -2.92. The first-order valence-corrected chi connectivity index (χ1v) is 8.72. The summed E-state index contributed by atoms with van der Waals surface area (Å²) in [4.78, 5) is 11.3. The van der Waals surface area contributed by atoms with Crippen LogP contribution >= 0.6 is 0 Å². The number of imidazole rings is 1. The zero-order valence-corrected chi connectivity index (χ0v) is 17.7. The minimum Gasteiger partial charge on any atom is -1.00 e.